The van der Waals surface area contributed by atoms with Gasteiger partial charge in [-0.25, -0.2) is 0 Å². The van der Waals surface area contributed by atoms with Gasteiger partial charge in [0.15, 0.2) is 0 Å². The Balaban J connectivity index is 1.71. The fourth-order valence-electron chi connectivity index (χ4n) is 4.70. The van der Waals surface area contributed by atoms with Crippen LogP contribution in [-0.2, 0) is 0 Å². The topological polar surface area (TPSA) is 24.9 Å². The molecule has 5 rings (SSSR count). The molecule has 1 N–H and O–H groups in total. The van der Waals surface area contributed by atoms with Crippen LogP contribution in [-0.4, -0.2) is 11.5 Å². The Hall–Kier alpha value is -4.17. The zero-order valence-electron chi connectivity index (χ0n) is 21.5. The van der Waals surface area contributed by atoms with Crippen LogP contribution in [0.1, 0.15) is 33.4 Å². The SMILES string of the molecule is Cc1ccc(/C=C(\CNc2ccccc2C)c2cnc3c(C)cccc3c2-c2ccc(C)cc2)cc1. The van der Waals surface area contributed by atoms with Crippen molar-refractivity contribution in [2.75, 3.05) is 11.9 Å². The molecule has 5 aromatic rings. The van der Waals surface area contributed by atoms with Crippen molar-refractivity contribution < 1.29 is 0 Å². The smallest absolute Gasteiger partial charge is 0.0737 e. The largest absolute Gasteiger partial charge is 0.381 e. The van der Waals surface area contributed by atoms with Gasteiger partial charge in [-0.15, -0.1) is 0 Å². The number of benzene rings is 4. The lowest BCUT2D eigenvalue weighted by atomic mass is 9.90. The first-order valence-electron chi connectivity index (χ1n) is 12.5. The second-order valence-corrected chi connectivity index (χ2v) is 9.63. The first-order chi connectivity index (χ1) is 17.5. The molecule has 2 nitrogen and oxygen atoms in total. The Kier molecular flexibility index (Phi) is 6.69. The Morgan fingerprint density at radius 1 is 0.722 bits per heavy atom. The van der Waals surface area contributed by atoms with Crippen molar-refractivity contribution in [3.63, 3.8) is 0 Å². The van der Waals surface area contributed by atoms with Crippen molar-refractivity contribution in [3.8, 4) is 11.1 Å². The van der Waals surface area contributed by atoms with E-state index in [1.165, 1.54) is 49.9 Å². The maximum Gasteiger partial charge on any atom is 0.0737 e. The quantitative estimate of drug-likeness (QED) is 0.269. The molecule has 0 aliphatic heterocycles. The zero-order chi connectivity index (χ0) is 25.1. The van der Waals surface area contributed by atoms with Gasteiger partial charge in [-0.1, -0.05) is 96.1 Å². The number of pyridine rings is 1. The number of aryl methyl sites for hydroxylation is 4. The van der Waals surface area contributed by atoms with E-state index in [4.69, 9.17) is 4.98 Å². The highest BCUT2D eigenvalue weighted by Gasteiger charge is 2.16. The molecule has 0 unspecified atom stereocenters. The van der Waals surface area contributed by atoms with E-state index >= 15 is 0 Å². The summed E-state index contributed by atoms with van der Waals surface area (Å²) in [5, 5.41) is 4.88. The van der Waals surface area contributed by atoms with E-state index in [9.17, 15) is 0 Å². The minimum atomic E-state index is 0.691. The van der Waals surface area contributed by atoms with Gasteiger partial charge < -0.3 is 5.32 Å². The van der Waals surface area contributed by atoms with Gasteiger partial charge in [-0.05, 0) is 67.7 Å². The van der Waals surface area contributed by atoms with Crippen molar-refractivity contribution >= 4 is 28.2 Å². The maximum atomic E-state index is 4.96. The van der Waals surface area contributed by atoms with Crippen LogP contribution in [0.25, 0.3) is 33.7 Å². The van der Waals surface area contributed by atoms with Crippen molar-refractivity contribution in [3.05, 3.63) is 131 Å². The molecule has 0 radical (unpaired) electrons. The summed E-state index contributed by atoms with van der Waals surface area (Å²) >= 11 is 0. The van der Waals surface area contributed by atoms with Crippen molar-refractivity contribution in [2.45, 2.75) is 27.7 Å². The molecule has 0 spiro atoms. The minimum Gasteiger partial charge on any atom is -0.381 e. The third kappa shape index (κ3) is 4.94. The number of hydrogen-bond donors (Lipinski definition) is 1. The van der Waals surface area contributed by atoms with Gasteiger partial charge in [-0.2, -0.15) is 0 Å². The van der Waals surface area contributed by atoms with Gasteiger partial charge in [0.25, 0.3) is 0 Å². The number of para-hydroxylation sites is 2. The van der Waals surface area contributed by atoms with Crippen LogP contribution in [0.3, 0.4) is 0 Å². The summed E-state index contributed by atoms with van der Waals surface area (Å²) in [6, 6.07) is 32.5. The van der Waals surface area contributed by atoms with E-state index in [1.54, 1.807) is 0 Å². The number of nitrogens with zero attached hydrogens (tertiary/aromatic N) is 1. The third-order valence-electron chi connectivity index (χ3n) is 6.82. The second kappa shape index (κ2) is 10.2. The van der Waals surface area contributed by atoms with Gasteiger partial charge in [0.05, 0.1) is 5.52 Å². The summed E-state index contributed by atoms with van der Waals surface area (Å²) < 4.78 is 0. The fourth-order valence-corrected chi connectivity index (χ4v) is 4.70. The van der Waals surface area contributed by atoms with Crippen molar-refractivity contribution in [1.29, 1.82) is 0 Å². The average Bonchev–Trinajstić information content (AvgIpc) is 2.89. The highest BCUT2D eigenvalue weighted by Crippen LogP contribution is 2.37. The summed E-state index contributed by atoms with van der Waals surface area (Å²) in [4.78, 5) is 4.96. The van der Waals surface area contributed by atoms with Gasteiger partial charge in [0.2, 0.25) is 0 Å². The first-order valence-corrected chi connectivity index (χ1v) is 12.5. The van der Waals surface area contributed by atoms with E-state index in [1.807, 2.05) is 0 Å². The lowest BCUT2D eigenvalue weighted by Gasteiger charge is -2.19. The first kappa shape index (κ1) is 23.6. The normalized spacial score (nSPS) is 11.6. The summed E-state index contributed by atoms with van der Waals surface area (Å²) in [7, 11) is 0. The van der Waals surface area contributed by atoms with Crippen LogP contribution in [0.4, 0.5) is 5.69 Å². The average molecular weight is 469 g/mol. The molecule has 2 heteroatoms. The summed E-state index contributed by atoms with van der Waals surface area (Å²) in [5.74, 6) is 0. The molecule has 4 aromatic carbocycles. The summed E-state index contributed by atoms with van der Waals surface area (Å²) in [6.07, 6.45) is 4.35. The highest BCUT2D eigenvalue weighted by molar-refractivity contribution is 6.03. The molecule has 0 saturated heterocycles. The fraction of sp³-hybridized carbons (Fsp3) is 0.147. The molecule has 0 aliphatic carbocycles. The Morgan fingerprint density at radius 2 is 1.39 bits per heavy atom. The summed E-state index contributed by atoms with van der Waals surface area (Å²) in [6.45, 7) is 9.23. The predicted octanol–water partition coefficient (Wildman–Crippen LogP) is 8.79. The molecule has 178 valence electrons. The van der Waals surface area contributed by atoms with E-state index < -0.39 is 0 Å². The van der Waals surface area contributed by atoms with E-state index in [0.717, 1.165) is 16.8 Å². The van der Waals surface area contributed by atoms with E-state index in [-0.39, 0.29) is 0 Å². The van der Waals surface area contributed by atoms with Crippen LogP contribution in [0.2, 0.25) is 0 Å². The predicted molar refractivity (Wildman–Crippen MR) is 155 cm³/mol. The molecule has 0 fully saturated rings. The second-order valence-electron chi connectivity index (χ2n) is 9.63. The van der Waals surface area contributed by atoms with Crippen LogP contribution >= 0.6 is 0 Å². The highest BCUT2D eigenvalue weighted by atomic mass is 14.9. The molecular weight excluding hydrogens is 436 g/mol. The number of nitrogens with one attached hydrogen (secondary N) is 1. The van der Waals surface area contributed by atoms with Crippen LogP contribution in [0, 0.1) is 27.7 Å². The van der Waals surface area contributed by atoms with E-state index in [2.05, 4.69) is 136 Å². The Morgan fingerprint density at radius 3 is 2.11 bits per heavy atom. The van der Waals surface area contributed by atoms with Gasteiger partial charge in [0.1, 0.15) is 0 Å². The molecule has 0 amide bonds. The number of fused-ring (bicyclic) bond motifs is 1. The molecule has 0 atom stereocenters. The summed E-state index contributed by atoms with van der Waals surface area (Å²) in [5.41, 5.74) is 13.1. The van der Waals surface area contributed by atoms with Crippen molar-refractivity contribution in [1.82, 2.24) is 4.98 Å². The van der Waals surface area contributed by atoms with Crippen LogP contribution in [0.5, 0.6) is 0 Å². The number of rotatable bonds is 6. The molecular formula is C34H32N2. The Labute approximate surface area is 214 Å². The zero-order valence-corrected chi connectivity index (χ0v) is 21.5. The van der Waals surface area contributed by atoms with E-state index in [0.29, 0.717) is 6.54 Å². The maximum absolute atomic E-state index is 4.96. The lowest BCUT2D eigenvalue weighted by molar-refractivity contribution is 1.29. The number of anilines is 1. The van der Waals surface area contributed by atoms with Gasteiger partial charge in [0, 0.05) is 34.9 Å². The molecule has 1 heterocycles. The third-order valence-corrected chi connectivity index (χ3v) is 6.82. The molecule has 0 saturated carbocycles. The van der Waals surface area contributed by atoms with Crippen molar-refractivity contribution in [2.24, 2.45) is 0 Å². The van der Waals surface area contributed by atoms with Crippen LogP contribution in [0.15, 0.2) is 97.2 Å². The van der Waals surface area contributed by atoms with Gasteiger partial charge in [-0.3, -0.25) is 4.98 Å². The number of hydrogen-bond acceptors (Lipinski definition) is 2. The molecule has 36 heavy (non-hydrogen) atoms. The molecule has 0 bridgehead atoms. The molecule has 0 aliphatic rings. The van der Waals surface area contributed by atoms with Gasteiger partial charge >= 0.3 is 0 Å². The van der Waals surface area contributed by atoms with Crippen LogP contribution < -0.4 is 5.32 Å². The monoisotopic (exact) mass is 468 g/mol. The Bertz CT molecular complexity index is 1540. The molecule has 1 aromatic heterocycles. The lowest BCUT2D eigenvalue weighted by Crippen LogP contribution is -2.07. The standard InChI is InChI=1S/C34H32N2/c1-23-12-16-27(17-13-23)20-29(21-35-32-11-6-5-8-25(32)3)31-22-36-34-26(4)9-7-10-30(34)33(31)28-18-14-24(2)15-19-28/h5-20,22,35H,21H2,1-4H3/b29-20+. The minimum absolute atomic E-state index is 0.691. The number of aromatic nitrogens is 1.